The van der Waals surface area contributed by atoms with E-state index in [9.17, 15) is 14.0 Å². The van der Waals surface area contributed by atoms with E-state index < -0.39 is 5.82 Å². The molecule has 5 rings (SSSR count). The van der Waals surface area contributed by atoms with Crippen LogP contribution in [0.4, 0.5) is 10.1 Å². The number of amides is 1. The van der Waals surface area contributed by atoms with Crippen LogP contribution in [0.3, 0.4) is 0 Å². The molecule has 0 unspecified atom stereocenters. The minimum atomic E-state index is -0.526. The lowest BCUT2D eigenvalue weighted by molar-refractivity contribution is -0.116. The van der Waals surface area contributed by atoms with E-state index in [2.05, 4.69) is 4.98 Å². The summed E-state index contributed by atoms with van der Waals surface area (Å²) in [5, 5.41) is 0.681. The van der Waals surface area contributed by atoms with Gasteiger partial charge in [-0.15, -0.1) is 11.8 Å². The monoisotopic (exact) mass is 463 g/mol. The summed E-state index contributed by atoms with van der Waals surface area (Å²) in [7, 11) is 0. The molecule has 0 saturated heterocycles. The van der Waals surface area contributed by atoms with E-state index in [4.69, 9.17) is 0 Å². The Balaban J connectivity index is 1.52. The molecule has 0 aliphatic carbocycles. The first-order valence-electron chi connectivity index (χ1n) is 10.0. The van der Waals surface area contributed by atoms with Crippen LogP contribution in [0, 0.1) is 5.82 Å². The third kappa shape index (κ3) is 3.80. The Hall–Kier alpha value is -3.10. The van der Waals surface area contributed by atoms with Gasteiger partial charge < -0.3 is 4.90 Å². The number of hydrogen-bond donors (Lipinski definition) is 0. The number of halogens is 1. The van der Waals surface area contributed by atoms with Gasteiger partial charge in [-0.05, 0) is 36.4 Å². The van der Waals surface area contributed by atoms with Crippen molar-refractivity contribution in [2.24, 2.45) is 0 Å². The van der Waals surface area contributed by atoms with Crippen molar-refractivity contribution in [3.63, 3.8) is 0 Å². The van der Waals surface area contributed by atoms with Crippen molar-refractivity contribution in [2.45, 2.75) is 10.1 Å². The summed E-state index contributed by atoms with van der Waals surface area (Å²) in [6.45, 7) is 0.617. The van der Waals surface area contributed by atoms with Crippen molar-refractivity contribution in [1.82, 2.24) is 9.55 Å². The van der Waals surface area contributed by atoms with Gasteiger partial charge in [-0.3, -0.25) is 14.2 Å². The summed E-state index contributed by atoms with van der Waals surface area (Å²) in [5.41, 5.74) is 1.16. The third-order valence-electron chi connectivity index (χ3n) is 5.19. The first kappa shape index (κ1) is 20.8. The van der Waals surface area contributed by atoms with Crippen molar-refractivity contribution in [2.75, 3.05) is 23.0 Å². The van der Waals surface area contributed by atoms with Crippen LogP contribution >= 0.6 is 23.5 Å². The smallest absolute Gasteiger partial charge is 0.266 e. The van der Waals surface area contributed by atoms with Crippen LogP contribution in [0.5, 0.6) is 0 Å². The molecule has 0 spiro atoms. The maximum absolute atomic E-state index is 14.6. The van der Waals surface area contributed by atoms with Crippen molar-refractivity contribution in [1.29, 1.82) is 0 Å². The average molecular weight is 464 g/mol. The lowest BCUT2D eigenvalue weighted by Gasteiger charge is -2.29. The Labute approximate surface area is 192 Å². The zero-order valence-corrected chi connectivity index (χ0v) is 18.5. The number of carbonyl (C=O) groups excluding carboxylic acids is 1. The van der Waals surface area contributed by atoms with Crippen LogP contribution in [0.15, 0.2) is 87.6 Å². The number of aromatic nitrogens is 2. The van der Waals surface area contributed by atoms with Gasteiger partial charge in [0.05, 0.1) is 28.0 Å². The van der Waals surface area contributed by atoms with Gasteiger partial charge in [0.2, 0.25) is 5.91 Å². The summed E-state index contributed by atoms with van der Waals surface area (Å²) < 4.78 is 15.9. The number of carbonyl (C=O) groups is 1. The standard InChI is InChI=1S/C24H18FN3O2S2/c25-17-8-2-4-10-19(17)28-23(30)16-7-1-3-9-18(16)26-24(28)32-15-22(29)27-13-14-31-21-12-6-5-11-20(21)27/h1-12H,13-15H2. The third-order valence-corrected chi connectivity index (χ3v) is 7.16. The Bertz CT molecular complexity index is 1390. The summed E-state index contributed by atoms with van der Waals surface area (Å²) in [6.07, 6.45) is 0. The Morgan fingerprint density at radius 2 is 1.72 bits per heavy atom. The van der Waals surface area contributed by atoms with Crippen LogP contribution in [0.1, 0.15) is 0 Å². The number of hydrogen-bond acceptors (Lipinski definition) is 5. The summed E-state index contributed by atoms with van der Waals surface area (Å²) in [4.78, 5) is 33.8. The fourth-order valence-corrected chi connectivity index (χ4v) is 5.56. The second-order valence-corrected chi connectivity index (χ2v) is 9.23. The minimum Gasteiger partial charge on any atom is -0.310 e. The first-order valence-corrected chi connectivity index (χ1v) is 12.0. The summed E-state index contributed by atoms with van der Waals surface area (Å²) in [5.74, 6) is 0.298. The predicted octanol–water partition coefficient (Wildman–Crippen LogP) is 4.76. The topological polar surface area (TPSA) is 55.2 Å². The largest absolute Gasteiger partial charge is 0.310 e. The minimum absolute atomic E-state index is 0.0785. The van der Waals surface area contributed by atoms with Crippen LogP contribution < -0.4 is 10.5 Å². The Kier molecular flexibility index (Phi) is 5.71. The van der Waals surface area contributed by atoms with Gasteiger partial charge in [-0.1, -0.05) is 48.2 Å². The van der Waals surface area contributed by atoms with Crippen LogP contribution in [-0.2, 0) is 4.79 Å². The first-order chi connectivity index (χ1) is 15.6. The van der Waals surface area contributed by atoms with Gasteiger partial charge in [-0.2, -0.15) is 0 Å². The fraction of sp³-hybridized carbons (Fsp3) is 0.125. The Morgan fingerprint density at radius 3 is 2.56 bits per heavy atom. The lowest BCUT2D eigenvalue weighted by atomic mass is 10.2. The van der Waals surface area contributed by atoms with E-state index in [1.807, 2.05) is 24.3 Å². The molecule has 2 heterocycles. The molecular weight excluding hydrogens is 445 g/mol. The maximum atomic E-state index is 14.6. The molecule has 1 aliphatic heterocycles. The molecular formula is C24H18FN3O2S2. The quantitative estimate of drug-likeness (QED) is 0.323. The molecule has 32 heavy (non-hydrogen) atoms. The molecule has 3 aromatic carbocycles. The van der Waals surface area contributed by atoms with Gasteiger partial charge in [0.25, 0.3) is 5.56 Å². The normalized spacial score (nSPS) is 13.2. The van der Waals surface area contributed by atoms with Crippen molar-refractivity contribution < 1.29 is 9.18 Å². The number of fused-ring (bicyclic) bond motifs is 2. The number of rotatable bonds is 4. The lowest BCUT2D eigenvalue weighted by Crippen LogP contribution is -2.36. The molecule has 8 heteroatoms. The number of nitrogens with zero attached hydrogens (tertiary/aromatic N) is 3. The molecule has 1 aromatic heterocycles. The van der Waals surface area contributed by atoms with E-state index in [0.29, 0.717) is 17.4 Å². The summed E-state index contributed by atoms with van der Waals surface area (Å²) in [6, 6.07) is 20.9. The number of anilines is 1. The van der Waals surface area contributed by atoms with Gasteiger partial charge in [0.15, 0.2) is 5.16 Å². The second kappa shape index (κ2) is 8.80. The zero-order valence-electron chi connectivity index (χ0n) is 16.9. The van der Waals surface area contributed by atoms with E-state index >= 15 is 0 Å². The van der Waals surface area contributed by atoms with Gasteiger partial charge in [-0.25, -0.2) is 9.37 Å². The molecule has 5 nitrogen and oxygen atoms in total. The molecule has 0 fully saturated rings. The van der Waals surface area contributed by atoms with Gasteiger partial charge in [0.1, 0.15) is 5.82 Å². The molecule has 1 amide bonds. The van der Waals surface area contributed by atoms with Gasteiger partial charge >= 0.3 is 0 Å². The van der Waals surface area contributed by atoms with E-state index in [1.165, 1.54) is 16.7 Å². The Morgan fingerprint density at radius 1 is 1.00 bits per heavy atom. The van der Waals surface area contributed by atoms with Gasteiger partial charge in [0, 0.05) is 17.2 Å². The number of thioether (sulfide) groups is 2. The fourth-order valence-electron chi connectivity index (χ4n) is 3.69. The number of para-hydroxylation sites is 3. The highest BCUT2D eigenvalue weighted by Crippen LogP contribution is 2.35. The number of benzene rings is 3. The average Bonchev–Trinajstić information content (AvgIpc) is 2.83. The molecule has 160 valence electrons. The molecule has 0 radical (unpaired) electrons. The van der Waals surface area contributed by atoms with Crippen molar-refractivity contribution >= 4 is 46.0 Å². The predicted molar refractivity (Wildman–Crippen MR) is 128 cm³/mol. The van der Waals surface area contributed by atoms with Crippen LogP contribution in [0.25, 0.3) is 16.6 Å². The second-order valence-electron chi connectivity index (χ2n) is 7.15. The highest BCUT2D eigenvalue weighted by atomic mass is 32.2. The highest BCUT2D eigenvalue weighted by Gasteiger charge is 2.24. The van der Waals surface area contributed by atoms with E-state index in [0.717, 1.165) is 28.1 Å². The van der Waals surface area contributed by atoms with Crippen LogP contribution in [0.2, 0.25) is 0 Å². The SMILES string of the molecule is O=C(CSc1nc2ccccc2c(=O)n1-c1ccccc1F)N1CCSc2ccccc21. The maximum Gasteiger partial charge on any atom is 0.266 e. The van der Waals surface area contributed by atoms with E-state index in [-0.39, 0.29) is 28.1 Å². The molecule has 1 aliphatic rings. The molecule has 0 atom stereocenters. The van der Waals surface area contributed by atoms with Crippen molar-refractivity contribution in [3.05, 3.63) is 89.0 Å². The molecule has 0 saturated carbocycles. The molecule has 0 N–H and O–H groups in total. The van der Waals surface area contributed by atoms with Crippen molar-refractivity contribution in [3.8, 4) is 5.69 Å². The summed E-state index contributed by atoms with van der Waals surface area (Å²) >= 11 is 2.87. The molecule has 0 bridgehead atoms. The van der Waals surface area contributed by atoms with Crippen LogP contribution in [-0.4, -0.2) is 33.5 Å². The zero-order chi connectivity index (χ0) is 22.1. The van der Waals surface area contributed by atoms with E-state index in [1.54, 1.807) is 53.1 Å². The highest BCUT2D eigenvalue weighted by molar-refractivity contribution is 8.00. The molecule has 4 aromatic rings.